The molecule has 5 rings (SSSR count). The van der Waals surface area contributed by atoms with E-state index in [-0.39, 0.29) is 18.9 Å². The van der Waals surface area contributed by atoms with Gasteiger partial charge in [-0.3, -0.25) is 4.90 Å². The Morgan fingerprint density at radius 1 is 0.943 bits per heavy atom. The Bertz CT molecular complexity index is 1170. The van der Waals surface area contributed by atoms with E-state index in [4.69, 9.17) is 9.47 Å². The minimum Gasteiger partial charge on any atom is -0.454 e. The highest BCUT2D eigenvalue weighted by molar-refractivity contribution is 5.90. The van der Waals surface area contributed by atoms with Gasteiger partial charge >= 0.3 is 6.03 Å². The molecule has 6 nitrogen and oxygen atoms in total. The van der Waals surface area contributed by atoms with Crippen molar-refractivity contribution in [3.8, 4) is 11.5 Å². The number of urea groups is 1. The SMILES string of the molecule is Cc1cccc(NC(=O)N(Cc2ccc3c(c2)OCO3)C2CCN(Cc3ccccc3)CC2)c1C. The van der Waals surface area contributed by atoms with Crippen LogP contribution in [0.5, 0.6) is 11.5 Å². The average molecular weight is 472 g/mol. The van der Waals surface area contributed by atoms with Crippen LogP contribution in [0.1, 0.15) is 35.1 Å². The lowest BCUT2D eigenvalue weighted by molar-refractivity contribution is 0.119. The topological polar surface area (TPSA) is 54.0 Å². The number of fused-ring (bicyclic) bond motifs is 1. The number of anilines is 1. The van der Waals surface area contributed by atoms with E-state index in [1.165, 1.54) is 11.1 Å². The zero-order valence-electron chi connectivity index (χ0n) is 20.5. The molecule has 0 unspecified atom stereocenters. The molecule has 0 radical (unpaired) electrons. The van der Waals surface area contributed by atoms with Crippen LogP contribution in [0.15, 0.2) is 66.7 Å². The lowest BCUT2D eigenvalue weighted by Gasteiger charge is -2.38. The van der Waals surface area contributed by atoms with Crippen LogP contribution in [0.3, 0.4) is 0 Å². The van der Waals surface area contributed by atoms with Crippen molar-refractivity contribution >= 4 is 11.7 Å². The maximum Gasteiger partial charge on any atom is 0.322 e. The zero-order chi connectivity index (χ0) is 24.2. The number of benzene rings is 3. The monoisotopic (exact) mass is 471 g/mol. The number of carbonyl (C=O) groups excluding carboxylic acids is 1. The summed E-state index contributed by atoms with van der Waals surface area (Å²) >= 11 is 0. The molecule has 0 saturated carbocycles. The number of ether oxygens (including phenoxy) is 2. The van der Waals surface area contributed by atoms with Gasteiger partial charge in [0, 0.05) is 37.9 Å². The molecule has 0 spiro atoms. The number of piperidine rings is 1. The smallest absolute Gasteiger partial charge is 0.322 e. The van der Waals surface area contributed by atoms with Crippen molar-refractivity contribution in [3.63, 3.8) is 0 Å². The van der Waals surface area contributed by atoms with Crippen molar-refractivity contribution in [2.45, 2.75) is 45.8 Å². The first-order chi connectivity index (χ1) is 17.1. The number of carbonyl (C=O) groups is 1. The predicted molar refractivity (Wildman–Crippen MR) is 138 cm³/mol. The average Bonchev–Trinajstić information content (AvgIpc) is 3.34. The lowest BCUT2D eigenvalue weighted by Crippen LogP contribution is -2.48. The van der Waals surface area contributed by atoms with Crippen LogP contribution in [-0.2, 0) is 13.1 Å². The third-order valence-corrected chi connectivity index (χ3v) is 7.14. The van der Waals surface area contributed by atoms with Gasteiger partial charge in [-0.2, -0.15) is 0 Å². The fourth-order valence-corrected chi connectivity index (χ4v) is 4.91. The molecule has 35 heavy (non-hydrogen) atoms. The molecule has 3 aromatic rings. The van der Waals surface area contributed by atoms with E-state index in [1.807, 2.05) is 35.2 Å². The van der Waals surface area contributed by atoms with Gasteiger partial charge in [0.25, 0.3) is 0 Å². The quantitative estimate of drug-likeness (QED) is 0.499. The summed E-state index contributed by atoms with van der Waals surface area (Å²) in [6, 6.07) is 22.7. The molecule has 1 saturated heterocycles. The van der Waals surface area contributed by atoms with E-state index in [2.05, 4.69) is 60.5 Å². The van der Waals surface area contributed by atoms with Gasteiger partial charge in [-0.15, -0.1) is 0 Å². The summed E-state index contributed by atoms with van der Waals surface area (Å²) < 4.78 is 11.0. The standard InChI is InChI=1S/C29H33N3O3/c1-21-7-6-10-26(22(21)2)30-29(33)32(19-24-11-12-27-28(17-24)35-20-34-27)25-13-15-31(16-14-25)18-23-8-4-3-5-9-23/h3-12,17,25H,13-16,18-20H2,1-2H3,(H,30,33). The third-order valence-electron chi connectivity index (χ3n) is 7.14. The normalized spacial score (nSPS) is 15.7. The largest absolute Gasteiger partial charge is 0.454 e. The van der Waals surface area contributed by atoms with Crippen molar-refractivity contribution < 1.29 is 14.3 Å². The molecule has 0 atom stereocenters. The Morgan fingerprint density at radius 3 is 2.51 bits per heavy atom. The lowest BCUT2D eigenvalue weighted by atomic mass is 10.0. The molecule has 1 fully saturated rings. The summed E-state index contributed by atoms with van der Waals surface area (Å²) in [4.78, 5) is 18.1. The molecule has 182 valence electrons. The molecule has 1 N–H and O–H groups in total. The summed E-state index contributed by atoms with van der Waals surface area (Å²) in [5.41, 5.74) is 5.50. The molecule has 2 aliphatic rings. The van der Waals surface area contributed by atoms with Gasteiger partial charge in [0.05, 0.1) is 0 Å². The van der Waals surface area contributed by atoms with Crippen LogP contribution in [0.25, 0.3) is 0 Å². The molecular weight excluding hydrogens is 438 g/mol. The number of rotatable bonds is 6. The van der Waals surface area contributed by atoms with Crippen LogP contribution in [0.4, 0.5) is 10.5 Å². The molecule has 2 heterocycles. The maximum absolute atomic E-state index is 13.6. The first-order valence-corrected chi connectivity index (χ1v) is 12.4. The molecule has 3 aromatic carbocycles. The second kappa shape index (κ2) is 10.4. The molecule has 2 aliphatic heterocycles. The van der Waals surface area contributed by atoms with Gasteiger partial charge in [0.1, 0.15) is 0 Å². The number of hydrogen-bond donors (Lipinski definition) is 1. The highest BCUT2D eigenvalue weighted by atomic mass is 16.7. The fourth-order valence-electron chi connectivity index (χ4n) is 4.91. The van der Waals surface area contributed by atoms with E-state index in [0.717, 1.165) is 60.8 Å². The van der Waals surface area contributed by atoms with Crippen molar-refractivity contribution in [3.05, 3.63) is 89.0 Å². The summed E-state index contributed by atoms with van der Waals surface area (Å²) in [7, 11) is 0. The summed E-state index contributed by atoms with van der Waals surface area (Å²) in [5.74, 6) is 1.50. The van der Waals surface area contributed by atoms with Gasteiger partial charge in [-0.1, -0.05) is 48.5 Å². The molecule has 6 heteroatoms. The van der Waals surface area contributed by atoms with E-state index >= 15 is 0 Å². The first kappa shape index (κ1) is 23.2. The third kappa shape index (κ3) is 5.43. The number of amides is 2. The van der Waals surface area contributed by atoms with Gasteiger partial charge in [0.15, 0.2) is 11.5 Å². The second-order valence-electron chi connectivity index (χ2n) is 9.49. The van der Waals surface area contributed by atoms with Gasteiger partial charge in [0.2, 0.25) is 6.79 Å². The van der Waals surface area contributed by atoms with Crippen LogP contribution >= 0.6 is 0 Å². The number of nitrogens with one attached hydrogen (secondary N) is 1. The number of nitrogens with zero attached hydrogens (tertiary/aromatic N) is 2. The summed E-state index contributed by atoms with van der Waals surface area (Å²) in [6.07, 6.45) is 1.88. The van der Waals surface area contributed by atoms with Crippen LogP contribution in [-0.4, -0.2) is 41.8 Å². The molecule has 0 aliphatic carbocycles. The number of likely N-dealkylation sites (tertiary alicyclic amines) is 1. The van der Waals surface area contributed by atoms with E-state index in [1.54, 1.807) is 0 Å². The van der Waals surface area contributed by atoms with Crippen molar-refractivity contribution in [1.29, 1.82) is 0 Å². The van der Waals surface area contributed by atoms with Crippen LogP contribution < -0.4 is 14.8 Å². The van der Waals surface area contributed by atoms with Crippen LogP contribution in [0.2, 0.25) is 0 Å². The van der Waals surface area contributed by atoms with Crippen LogP contribution in [0, 0.1) is 13.8 Å². The molecule has 2 amide bonds. The second-order valence-corrected chi connectivity index (χ2v) is 9.49. The van der Waals surface area contributed by atoms with E-state index in [9.17, 15) is 4.79 Å². The number of aryl methyl sites for hydroxylation is 1. The zero-order valence-corrected chi connectivity index (χ0v) is 20.5. The summed E-state index contributed by atoms with van der Waals surface area (Å²) in [5, 5.41) is 3.19. The summed E-state index contributed by atoms with van der Waals surface area (Å²) in [6.45, 7) is 7.77. The van der Waals surface area contributed by atoms with Gasteiger partial charge in [-0.05, 0) is 67.1 Å². The van der Waals surface area contributed by atoms with Crippen molar-refractivity contribution in [2.24, 2.45) is 0 Å². The van der Waals surface area contributed by atoms with Crippen molar-refractivity contribution in [2.75, 3.05) is 25.2 Å². The first-order valence-electron chi connectivity index (χ1n) is 12.4. The minimum atomic E-state index is -0.0575. The van der Waals surface area contributed by atoms with Gasteiger partial charge < -0.3 is 19.7 Å². The fraction of sp³-hybridized carbons (Fsp3) is 0.345. The molecule has 0 bridgehead atoms. The molecule has 0 aromatic heterocycles. The van der Waals surface area contributed by atoms with Gasteiger partial charge in [-0.25, -0.2) is 4.79 Å². The maximum atomic E-state index is 13.6. The highest BCUT2D eigenvalue weighted by Gasteiger charge is 2.29. The molecular formula is C29H33N3O3. The minimum absolute atomic E-state index is 0.0575. The van der Waals surface area contributed by atoms with E-state index < -0.39 is 0 Å². The Balaban J connectivity index is 1.31. The predicted octanol–water partition coefficient (Wildman–Crippen LogP) is 5.73. The highest BCUT2D eigenvalue weighted by Crippen LogP contribution is 2.33. The van der Waals surface area contributed by atoms with Crippen molar-refractivity contribution in [1.82, 2.24) is 9.80 Å². The Labute approximate surface area is 207 Å². The Morgan fingerprint density at radius 2 is 1.71 bits per heavy atom. The Kier molecular flexibility index (Phi) is 6.91. The Hall–Kier alpha value is -3.51. The van der Waals surface area contributed by atoms with E-state index in [0.29, 0.717) is 6.54 Å². The number of hydrogen-bond acceptors (Lipinski definition) is 4.